The third-order valence-electron chi connectivity index (χ3n) is 2.55. The summed E-state index contributed by atoms with van der Waals surface area (Å²) in [4.78, 5) is 4.51. The molecule has 0 unspecified atom stereocenters. The lowest BCUT2D eigenvalue weighted by molar-refractivity contribution is 0.475. The number of thiazole rings is 1. The highest BCUT2D eigenvalue weighted by Crippen LogP contribution is 2.34. The van der Waals surface area contributed by atoms with Gasteiger partial charge in [0.25, 0.3) is 0 Å². The number of nitrogens with zero attached hydrogens (tertiary/aromatic N) is 1. The minimum absolute atomic E-state index is 0.0737. The standard InChI is InChI=1S/C13H7Cl2NOS/c14-8-2-3-10-12(6-8)18-13(16-10)7-1-4-11(17)9(15)5-7/h1-6,17H. The van der Waals surface area contributed by atoms with E-state index in [1.165, 1.54) is 0 Å². The number of hydrogen-bond acceptors (Lipinski definition) is 3. The Hall–Kier alpha value is -1.29. The molecule has 1 N–H and O–H groups in total. The van der Waals surface area contributed by atoms with Crippen LogP contribution in [0.25, 0.3) is 20.8 Å². The highest BCUT2D eigenvalue weighted by Gasteiger charge is 2.08. The molecule has 3 rings (SSSR count). The molecule has 0 fully saturated rings. The molecule has 2 aromatic carbocycles. The van der Waals surface area contributed by atoms with Gasteiger partial charge in [-0.25, -0.2) is 4.98 Å². The van der Waals surface area contributed by atoms with Gasteiger partial charge in [-0.2, -0.15) is 0 Å². The van der Waals surface area contributed by atoms with Crippen molar-refractivity contribution in [3.63, 3.8) is 0 Å². The zero-order valence-corrected chi connectivity index (χ0v) is 11.4. The highest BCUT2D eigenvalue weighted by molar-refractivity contribution is 7.21. The summed E-state index contributed by atoms with van der Waals surface area (Å²) in [6, 6.07) is 10.7. The molecule has 0 amide bonds. The second-order valence-electron chi connectivity index (χ2n) is 3.80. The first-order valence-electron chi connectivity index (χ1n) is 5.18. The van der Waals surface area contributed by atoms with Gasteiger partial charge < -0.3 is 5.11 Å². The van der Waals surface area contributed by atoms with Crippen molar-refractivity contribution in [2.24, 2.45) is 0 Å². The second-order valence-corrected chi connectivity index (χ2v) is 5.67. The Bertz CT molecular complexity index is 739. The van der Waals surface area contributed by atoms with E-state index in [1.807, 2.05) is 18.2 Å². The lowest BCUT2D eigenvalue weighted by Crippen LogP contribution is -1.76. The SMILES string of the molecule is Oc1ccc(-c2nc3ccc(Cl)cc3s2)cc1Cl. The van der Waals surface area contributed by atoms with E-state index < -0.39 is 0 Å². The average Bonchev–Trinajstić information content (AvgIpc) is 2.75. The fraction of sp³-hybridized carbons (Fsp3) is 0. The van der Waals surface area contributed by atoms with Crippen molar-refractivity contribution in [1.29, 1.82) is 0 Å². The third-order valence-corrected chi connectivity index (χ3v) is 4.15. The molecule has 90 valence electrons. The topological polar surface area (TPSA) is 33.1 Å². The van der Waals surface area contributed by atoms with Crippen LogP contribution in [0.15, 0.2) is 36.4 Å². The number of hydrogen-bond donors (Lipinski definition) is 1. The molecule has 0 spiro atoms. The van der Waals surface area contributed by atoms with E-state index in [0.29, 0.717) is 10.0 Å². The molecule has 0 saturated carbocycles. The Labute approximate surface area is 117 Å². The maximum atomic E-state index is 9.40. The predicted molar refractivity (Wildman–Crippen MR) is 76.7 cm³/mol. The molecule has 5 heteroatoms. The average molecular weight is 296 g/mol. The zero-order valence-electron chi connectivity index (χ0n) is 9.02. The molecule has 3 aromatic rings. The van der Waals surface area contributed by atoms with Gasteiger partial charge in [0.05, 0.1) is 15.2 Å². The van der Waals surface area contributed by atoms with Gasteiger partial charge in [0.2, 0.25) is 0 Å². The molecule has 0 aliphatic heterocycles. The largest absolute Gasteiger partial charge is 0.506 e. The van der Waals surface area contributed by atoms with E-state index in [9.17, 15) is 5.11 Å². The smallest absolute Gasteiger partial charge is 0.134 e. The van der Waals surface area contributed by atoms with Crippen molar-refractivity contribution in [3.05, 3.63) is 46.4 Å². The molecule has 0 saturated heterocycles. The Morgan fingerprint density at radius 2 is 1.89 bits per heavy atom. The minimum atomic E-state index is 0.0737. The number of halogens is 2. The van der Waals surface area contributed by atoms with Crippen LogP contribution in [0.4, 0.5) is 0 Å². The van der Waals surface area contributed by atoms with Crippen LogP contribution in [0.2, 0.25) is 10.0 Å². The fourth-order valence-corrected chi connectivity index (χ4v) is 3.08. The molecule has 0 radical (unpaired) electrons. The molecular weight excluding hydrogens is 289 g/mol. The fourth-order valence-electron chi connectivity index (χ4n) is 1.66. The van der Waals surface area contributed by atoms with Crippen LogP contribution in [0.1, 0.15) is 0 Å². The second kappa shape index (κ2) is 4.43. The van der Waals surface area contributed by atoms with Crippen molar-refractivity contribution in [2.45, 2.75) is 0 Å². The quantitative estimate of drug-likeness (QED) is 0.687. The van der Waals surface area contributed by atoms with Gasteiger partial charge >= 0.3 is 0 Å². The maximum absolute atomic E-state index is 9.40. The summed E-state index contributed by atoms with van der Waals surface area (Å²) in [6.07, 6.45) is 0. The molecule has 1 aromatic heterocycles. The van der Waals surface area contributed by atoms with E-state index >= 15 is 0 Å². The van der Waals surface area contributed by atoms with Crippen molar-refractivity contribution in [1.82, 2.24) is 4.98 Å². The minimum Gasteiger partial charge on any atom is -0.506 e. The number of phenolic OH excluding ortho intramolecular Hbond substituents is 1. The number of benzene rings is 2. The summed E-state index contributed by atoms with van der Waals surface area (Å²) in [5.41, 5.74) is 1.79. The Morgan fingerprint density at radius 1 is 1.06 bits per heavy atom. The van der Waals surface area contributed by atoms with Gasteiger partial charge in [-0.1, -0.05) is 23.2 Å². The summed E-state index contributed by atoms with van der Waals surface area (Å²) >= 11 is 13.4. The summed E-state index contributed by atoms with van der Waals surface area (Å²) in [5.74, 6) is 0.0737. The van der Waals surface area contributed by atoms with Crippen LogP contribution in [-0.4, -0.2) is 10.1 Å². The summed E-state index contributed by atoms with van der Waals surface area (Å²) in [5, 5.41) is 11.3. The normalized spacial score (nSPS) is 11.0. The van der Waals surface area contributed by atoms with Gasteiger partial charge in [-0.05, 0) is 36.4 Å². The van der Waals surface area contributed by atoms with Crippen molar-refractivity contribution >= 4 is 44.8 Å². The van der Waals surface area contributed by atoms with Gasteiger partial charge in [-0.3, -0.25) is 0 Å². The molecule has 2 nitrogen and oxygen atoms in total. The lowest BCUT2D eigenvalue weighted by Gasteiger charge is -1.98. The van der Waals surface area contributed by atoms with E-state index in [2.05, 4.69) is 4.98 Å². The van der Waals surface area contributed by atoms with Crippen molar-refractivity contribution in [3.8, 4) is 16.3 Å². The molecule has 0 aliphatic rings. The Kier molecular flexibility index (Phi) is 2.90. The van der Waals surface area contributed by atoms with E-state index in [-0.39, 0.29) is 5.75 Å². The number of fused-ring (bicyclic) bond motifs is 1. The summed E-state index contributed by atoms with van der Waals surface area (Å²) in [7, 11) is 0. The maximum Gasteiger partial charge on any atom is 0.134 e. The lowest BCUT2D eigenvalue weighted by atomic mass is 10.2. The molecular formula is C13H7Cl2NOS. The van der Waals surface area contributed by atoms with Gasteiger partial charge in [0, 0.05) is 10.6 Å². The van der Waals surface area contributed by atoms with Crippen LogP contribution >= 0.6 is 34.5 Å². The zero-order chi connectivity index (χ0) is 12.7. The Balaban J connectivity index is 2.16. The van der Waals surface area contributed by atoms with Crippen LogP contribution in [-0.2, 0) is 0 Å². The van der Waals surface area contributed by atoms with E-state index in [4.69, 9.17) is 23.2 Å². The van der Waals surface area contributed by atoms with Crippen molar-refractivity contribution in [2.75, 3.05) is 0 Å². The molecule has 0 bridgehead atoms. The Morgan fingerprint density at radius 3 is 2.67 bits per heavy atom. The highest BCUT2D eigenvalue weighted by atomic mass is 35.5. The van der Waals surface area contributed by atoms with Gasteiger partial charge in [0.15, 0.2) is 0 Å². The van der Waals surface area contributed by atoms with E-state index in [1.54, 1.807) is 29.5 Å². The first-order valence-corrected chi connectivity index (χ1v) is 6.76. The number of aromatic hydroxyl groups is 1. The molecule has 18 heavy (non-hydrogen) atoms. The van der Waals surface area contributed by atoms with Crippen LogP contribution < -0.4 is 0 Å². The molecule has 0 aliphatic carbocycles. The van der Waals surface area contributed by atoms with Crippen LogP contribution in [0.3, 0.4) is 0 Å². The van der Waals surface area contributed by atoms with Crippen LogP contribution in [0.5, 0.6) is 5.75 Å². The van der Waals surface area contributed by atoms with E-state index in [0.717, 1.165) is 20.8 Å². The van der Waals surface area contributed by atoms with Gasteiger partial charge in [0.1, 0.15) is 10.8 Å². The first-order chi connectivity index (χ1) is 8.63. The number of rotatable bonds is 1. The third kappa shape index (κ3) is 2.05. The van der Waals surface area contributed by atoms with Crippen molar-refractivity contribution < 1.29 is 5.11 Å². The summed E-state index contributed by atoms with van der Waals surface area (Å²) in [6.45, 7) is 0. The summed E-state index contributed by atoms with van der Waals surface area (Å²) < 4.78 is 1.03. The van der Waals surface area contributed by atoms with Crippen LogP contribution in [0, 0.1) is 0 Å². The molecule has 1 heterocycles. The number of phenols is 1. The predicted octanol–water partition coefficient (Wildman–Crippen LogP) is 4.98. The molecule has 0 atom stereocenters. The monoisotopic (exact) mass is 295 g/mol. The number of aromatic nitrogens is 1. The first kappa shape index (κ1) is 11.8. The van der Waals surface area contributed by atoms with Gasteiger partial charge in [-0.15, -0.1) is 11.3 Å².